The summed E-state index contributed by atoms with van der Waals surface area (Å²) in [5.74, 6) is 3.65. The van der Waals surface area contributed by atoms with E-state index in [1.54, 1.807) is 16.0 Å². The van der Waals surface area contributed by atoms with Gasteiger partial charge in [0, 0.05) is 24.8 Å². The van der Waals surface area contributed by atoms with Crippen molar-refractivity contribution in [1.82, 2.24) is 4.57 Å². The van der Waals surface area contributed by atoms with Gasteiger partial charge in [-0.3, -0.25) is 0 Å². The molecule has 4 saturated carbocycles. The zero-order valence-corrected chi connectivity index (χ0v) is 17.6. The molecule has 2 aromatic heterocycles. The first kappa shape index (κ1) is 16.1. The van der Waals surface area contributed by atoms with Gasteiger partial charge in [-0.2, -0.15) is 0 Å². The van der Waals surface area contributed by atoms with E-state index in [-0.39, 0.29) is 5.54 Å². The third kappa shape index (κ3) is 1.72. The smallest absolute Gasteiger partial charge is 0.0867 e. The molecule has 8 rings (SSSR count). The Hall–Kier alpha value is -1.74. The molecule has 4 bridgehead atoms. The van der Waals surface area contributed by atoms with Crippen LogP contribution in [0.3, 0.4) is 0 Å². The van der Waals surface area contributed by atoms with E-state index >= 15 is 0 Å². The lowest BCUT2D eigenvalue weighted by Gasteiger charge is -2.63. The molecule has 1 spiro atoms. The first-order chi connectivity index (χ1) is 13.7. The summed E-state index contributed by atoms with van der Waals surface area (Å²) in [6.07, 6.45) is 7.32. The highest BCUT2D eigenvalue weighted by Crippen LogP contribution is 2.67. The third-order valence-electron chi connectivity index (χ3n) is 8.83. The second-order valence-electron chi connectivity index (χ2n) is 10.0. The van der Waals surface area contributed by atoms with E-state index in [1.165, 1.54) is 48.9 Å². The molecule has 0 saturated heterocycles. The summed E-state index contributed by atoms with van der Waals surface area (Å²) in [4.78, 5) is 2.89. The number of fused-ring (bicyclic) bond motifs is 3. The van der Waals surface area contributed by atoms with Crippen LogP contribution >= 0.6 is 11.3 Å². The maximum Gasteiger partial charge on any atom is 0.0867 e. The van der Waals surface area contributed by atoms with E-state index in [0.29, 0.717) is 0 Å². The molecule has 0 atom stereocenters. The van der Waals surface area contributed by atoms with Crippen molar-refractivity contribution < 1.29 is 0 Å². The summed E-state index contributed by atoms with van der Waals surface area (Å²) in [5.41, 5.74) is 7.94. The van der Waals surface area contributed by atoms with Crippen LogP contribution in [-0.4, -0.2) is 4.57 Å². The fourth-order valence-corrected chi connectivity index (χ4v) is 9.14. The Morgan fingerprint density at radius 2 is 1.68 bits per heavy atom. The predicted octanol–water partition coefficient (Wildman–Crippen LogP) is 6.22. The number of para-hydroxylation sites is 1. The summed E-state index contributed by atoms with van der Waals surface area (Å²) < 4.78 is 4.14. The van der Waals surface area contributed by atoms with E-state index in [4.69, 9.17) is 0 Å². The third-order valence-corrected chi connectivity index (χ3v) is 9.80. The van der Waals surface area contributed by atoms with Crippen LogP contribution in [0.1, 0.15) is 48.9 Å². The van der Waals surface area contributed by atoms with Gasteiger partial charge in [0.2, 0.25) is 0 Å². The number of anilines is 1. The molecule has 0 radical (unpaired) electrons. The maximum absolute atomic E-state index is 2.89. The Morgan fingerprint density at radius 3 is 2.39 bits per heavy atom. The minimum Gasteiger partial charge on any atom is -0.355 e. The van der Waals surface area contributed by atoms with Crippen LogP contribution < -0.4 is 4.90 Å². The molecule has 1 aromatic carbocycles. The number of rotatable bonds is 1. The lowest BCUT2D eigenvalue weighted by Crippen LogP contribution is -2.62. The molecular formula is C25H28N2S. The number of aromatic nitrogens is 1. The van der Waals surface area contributed by atoms with Gasteiger partial charge < -0.3 is 9.47 Å². The molecule has 3 heterocycles. The van der Waals surface area contributed by atoms with E-state index in [1.807, 2.05) is 11.3 Å². The molecule has 3 aromatic rings. The molecule has 2 nitrogen and oxygen atoms in total. The number of nitrogens with zero attached hydrogens (tertiary/aromatic N) is 2. The van der Waals surface area contributed by atoms with Gasteiger partial charge in [-0.1, -0.05) is 18.2 Å². The van der Waals surface area contributed by atoms with Crippen molar-refractivity contribution in [2.45, 2.75) is 51.1 Å². The van der Waals surface area contributed by atoms with Gasteiger partial charge in [-0.15, -0.1) is 11.3 Å². The van der Waals surface area contributed by atoms with Gasteiger partial charge in [0.1, 0.15) is 0 Å². The van der Waals surface area contributed by atoms with Gasteiger partial charge in [0.15, 0.2) is 0 Å². The normalized spacial score (nSPS) is 35.4. The second-order valence-corrected chi connectivity index (χ2v) is 10.9. The van der Waals surface area contributed by atoms with Crippen LogP contribution in [0.2, 0.25) is 0 Å². The molecule has 0 N–H and O–H groups in total. The Labute approximate surface area is 171 Å². The lowest BCUT2D eigenvalue weighted by molar-refractivity contribution is -0.0614. The average Bonchev–Trinajstić information content (AvgIpc) is 3.34. The number of aryl methyl sites for hydroxylation is 2. The molecule has 1 aliphatic heterocycles. The first-order valence-corrected chi connectivity index (χ1v) is 11.9. The van der Waals surface area contributed by atoms with Crippen molar-refractivity contribution >= 4 is 27.2 Å². The standard InChI is InChI=1S/C25H28N2S/c1-15-5-3-4-6-21(15)27-14-20-23-22(7-8-28-23)26(2)24(20)25(27)18-10-16-9-17(12-18)13-19(25)11-16/h3-8,16-19H,9-14H2,1-2H3. The highest BCUT2D eigenvalue weighted by molar-refractivity contribution is 7.17. The van der Waals surface area contributed by atoms with Crippen molar-refractivity contribution in [2.75, 3.05) is 4.90 Å². The molecule has 28 heavy (non-hydrogen) atoms. The molecule has 4 aliphatic carbocycles. The Morgan fingerprint density at radius 1 is 0.964 bits per heavy atom. The van der Waals surface area contributed by atoms with Gasteiger partial charge in [0.05, 0.1) is 21.4 Å². The van der Waals surface area contributed by atoms with Crippen LogP contribution in [0.5, 0.6) is 0 Å². The summed E-state index contributed by atoms with van der Waals surface area (Å²) in [6, 6.07) is 11.5. The second kappa shape index (κ2) is 5.24. The molecule has 0 amide bonds. The Bertz CT molecular complexity index is 1080. The van der Waals surface area contributed by atoms with Crippen LogP contribution in [0.15, 0.2) is 35.7 Å². The minimum absolute atomic E-state index is 0.225. The Balaban J connectivity index is 1.53. The number of benzene rings is 1. The number of hydrogen-bond acceptors (Lipinski definition) is 2. The summed E-state index contributed by atoms with van der Waals surface area (Å²) in [7, 11) is 2.35. The van der Waals surface area contributed by atoms with Crippen LogP contribution in [0, 0.1) is 30.6 Å². The summed E-state index contributed by atoms with van der Waals surface area (Å²) in [6.45, 7) is 3.41. The van der Waals surface area contributed by atoms with E-state index in [9.17, 15) is 0 Å². The summed E-state index contributed by atoms with van der Waals surface area (Å²) >= 11 is 1.95. The fourth-order valence-electron chi connectivity index (χ4n) is 8.18. The topological polar surface area (TPSA) is 8.17 Å². The van der Waals surface area contributed by atoms with E-state index in [2.05, 4.69) is 59.2 Å². The van der Waals surface area contributed by atoms with Crippen molar-refractivity contribution in [3.05, 3.63) is 52.5 Å². The van der Waals surface area contributed by atoms with Crippen LogP contribution in [0.25, 0.3) is 10.2 Å². The largest absolute Gasteiger partial charge is 0.355 e. The predicted molar refractivity (Wildman–Crippen MR) is 117 cm³/mol. The average molecular weight is 389 g/mol. The zero-order valence-electron chi connectivity index (χ0n) is 16.8. The number of thiophene rings is 1. The van der Waals surface area contributed by atoms with Crippen molar-refractivity contribution in [3.8, 4) is 0 Å². The highest BCUT2D eigenvalue weighted by atomic mass is 32.1. The SMILES string of the molecule is Cc1ccccc1N1Cc2c(n(C)c3ccsc23)C12C1CC3CC(C1)CC2C3. The molecule has 144 valence electrons. The van der Waals surface area contributed by atoms with Crippen molar-refractivity contribution in [1.29, 1.82) is 0 Å². The quantitative estimate of drug-likeness (QED) is 0.480. The van der Waals surface area contributed by atoms with Gasteiger partial charge in [-0.25, -0.2) is 0 Å². The van der Waals surface area contributed by atoms with Gasteiger partial charge >= 0.3 is 0 Å². The lowest BCUT2D eigenvalue weighted by atomic mass is 9.47. The molecule has 0 unspecified atom stereocenters. The Kier molecular flexibility index (Phi) is 3.01. The number of hydrogen-bond donors (Lipinski definition) is 0. The van der Waals surface area contributed by atoms with Gasteiger partial charge in [-0.05, 0) is 85.8 Å². The fraction of sp³-hybridized carbons (Fsp3) is 0.520. The van der Waals surface area contributed by atoms with Crippen LogP contribution in [-0.2, 0) is 19.1 Å². The molecule has 3 heteroatoms. The van der Waals surface area contributed by atoms with Crippen LogP contribution in [0.4, 0.5) is 5.69 Å². The van der Waals surface area contributed by atoms with E-state index < -0.39 is 0 Å². The maximum atomic E-state index is 2.89. The molecule has 5 aliphatic rings. The monoisotopic (exact) mass is 388 g/mol. The van der Waals surface area contributed by atoms with Gasteiger partial charge in [0.25, 0.3) is 0 Å². The van der Waals surface area contributed by atoms with E-state index in [0.717, 1.165) is 30.2 Å². The highest BCUT2D eigenvalue weighted by Gasteiger charge is 2.64. The minimum atomic E-state index is 0.225. The van der Waals surface area contributed by atoms with Crippen molar-refractivity contribution in [3.63, 3.8) is 0 Å². The summed E-state index contributed by atoms with van der Waals surface area (Å²) in [5, 5.41) is 2.28. The molecule has 4 fully saturated rings. The molecular weight excluding hydrogens is 360 g/mol. The zero-order chi connectivity index (χ0) is 18.6. The van der Waals surface area contributed by atoms with Crippen molar-refractivity contribution in [2.24, 2.45) is 30.7 Å². The first-order valence-electron chi connectivity index (χ1n) is 11.1.